The van der Waals surface area contributed by atoms with Crippen molar-refractivity contribution >= 4 is 15.9 Å². The number of rotatable bonds is 5. The van der Waals surface area contributed by atoms with E-state index in [0.29, 0.717) is 6.61 Å². The molecule has 0 atom stereocenters. The first-order valence-electron chi connectivity index (χ1n) is 6.21. The highest BCUT2D eigenvalue weighted by molar-refractivity contribution is 9.10. The maximum atomic E-state index is 5.80. The maximum absolute atomic E-state index is 5.80. The highest BCUT2D eigenvalue weighted by atomic mass is 79.9. The first-order chi connectivity index (χ1) is 9.19. The standard InChI is InChI=1S/C16H17BrO2/c1-12-11-14(17)5-8-16(12)19-10-9-13-3-6-15(18-2)7-4-13/h3-8,11H,9-10H2,1-2H3. The minimum atomic E-state index is 0.675. The predicted molar refractivity (Wildman–Crippen MR) is 81.1 cm³/mol. The largest absolute Gasteiger partial charge is 0.497 e. The lowest BCUT2D eigenvalue weighted by molar-refractivity contribution is 0.319. The molecule has 2 aromatic carbocycles. The van der Waals surface area contributed by atoms with Gasteiger partial charge in [0.2, 0.25) is 0 Å². The third-order valence-electron chi connectivity index (χ3n) is 2.94. The second-order valence-corrected chi connectivity index (χ2v) is 5.27. The first kappa shape index (κ1) is 13.9. The third kappa shape index (κ3) is 4.00. The van der Waals surface area contributed by atoms with E-state index in [9.17, 15) is 0 Å². The summed E-state index contributed by atoms with van der Waals surface area (Å²) in [6.45, 7) is 2.72. The zero-order chi connectivity index (χ0) is 13.7. The van der Waals surface area contributed by atoms with Gasteiger partial charge in [0.25, 0.3) is 0 Å². The van der Waals surface area contributed by atoms with Gasteiger partial charge in [-0.15, -0.1) is 0 Å². The molecule has 0 aliphatic rings. The number of hydrogen-bond donors (Lipinski definition) is 0. The molecule has 0 saturated heterocycles. The van der Waals surface area contributed by atoms with Crippen LogP contribution in [0.25, 0.3) is 0 Å². The molecule has 2 aromatic rings. The van der Waals surface area contributed by atoms with Gasteiger partial charge in [-0.3, -0.25) is 0 Å². The molecule has 0 saturated carbocycles. The van der Waals surface area contributed by atoms with E-state index >= 15 is 0 Å². The summed E-state index contributed by atoms with van der Waals surface area (Å²) in [5, 5.41) is 0. The lowest BCUT2D eigenvalue weighted by Crippen LogP contribution is -2.02. The summed E-state index contributed by atoms with van der Waals surface area (Å²) in [5.41, 5.74) is 2.39. The van der Waals surface area contributed by atoms with Crippen molar-refractivity contribution in [2.45, 2.75) is 13.3 Å². The second-order valence-electron chi connectivity index (χ2n) is 4.36. The summed E-state index contributed by atoms with van der Waals surface area (Å²) in [6.07, 6.45) is 0.888. The minimum Gasteiger partial charge on any atom is -0.497 e. The Morgan fingerprint density at radius 1 is 1.05 bits per heavy atom. The number of ether oxygens (including phenoxy) is 2. The van der Waals surface area contributed by atoms with Gasteiger partial charge < -0.3 is 9.47 Å². The van der Waals surface area contributed by atoms with Gasteiger partial charge in [-0.25, -0.2) is 0 Å². The minimum absolute atomic E-state index is 0.675. The fourth-order valence-electron chi connectivity index (χ4n) is 1.85. The van der Waals surface area contributed by atoms with Crippen LogP contribution in [0.1, 0.15) is 11.1 Å². The quantitative estimate of drug-likeness (QED) is 0.813. The third-order valence-corrected chi connectivity index (χ3v) is 3.44. The zero-order valence-corrected chi connectivity index (χ0v) is 12.7. The van der Waals surface area contributed by atoms with E-state index in [0.717, 1.165) is 28.0 Å². The highest BCUT2D eigenvalue weighted by Crippen LogP contribution is 2.22. The molecule has 2 nitrogen and oxygen atoms in total. The summed E-state index contributed by atoms with van der Waals surface area (Å²) in [7, 11) is 1.68. The maximum Gasteiger partial charge on any atom is 0.122 e. The van der Waals surface area contributed by atoms with E-state index in [1.54, 1.807) is 7.11 Å². The van der Waals surface area contributed by atoms with E-state index in [4.69, 9.17) is 9.47 Å². The summed E-state index contributed by atoms with van der Waals surface area (Å²) in [4.78, 5) is 0. The summed E-state index contributed by atoms with van der Waals surface area (Å²) >= 11 is 3.45. The van der Waals surface area contributed by atoms with Crippen LogP contribution >= 0.6 is 15.9 Å². The molecular weight excluding hydrogens is 304 g/mol. The van der Waals surface area contributed by atoms with Crippen molar-refractivity contribution < 1.29 is 9.47 Å². The Balaban J connectivity index is 1.88. The topological polar surface area (TPSA) is 18.5 Å². The lowest BCUT2D eigenvalue weighted by Gasteiger charge is -2.09. The Bertz CT molecular complexity index is 535. The lowest BCUT2D eigenvalue weighted by atomic mass is 10.1. The number of halogens is 1. The molecule has 0 aliphatic heterocycles. The summed E-state index contributed by atoms with van der Waals surface area (Å²) in [5.74, 6) is 1.82. The van der Waals surface area contributed by atoms with Gasteiger partial charge in [0.1, 0.15) is 11.5 Å². The fraction of sp³-hybridized carbons (Fsp3) is 0.250. The molecule has 0 fully saturated rings. The molecule has 0 spiro atoms. The average Bonchev–Trinajstić information content (AvgIpc) is 2.42. The van der Waals surface area contributed by atoms with Crippen LogP contribution in [-0.2, 0) is 6.42 Å². The second kappa shape index (κ2) is 6.62. The molecule has 0 unspecified atom stereocenters. The Morgan fingerprint density at radius 2 is 1.79 bits per heavy atom. The van der Waals surface area contributed by atoms with Gasteiger partial charge in [0.15, 0.2) is 0 Å². The fourth-order valence-corrected chi connectivity index (χ4v) is 2.32. The first-order valence-corrected chi connectivity index (χ1v) is 7.00. The molecule has 0 heterocycles. The molecule has 0 amide bonds. The van der Waals surface area contributed by atoms with Crippen molar-refractivity contribution in [3.63, 3.8) is 0 Å². The smallest absolute Gasteiger partial charge is 0.122 e. The van der Waals surface area contributed by atoms with Crippen molar-refractivity contribution in [1.29, 1.82) is 0 Å². The van der Waals surface area contributed by atoms with Crippen LogP contribution in [0.2, 0.25) is 0 Å². The van der Waals surface area contributed by atoms with Crippen molar-refractivity contribution in [2.75, 3.05) is 13.7 Å². The Hall–Kier alpha value is -1.48. The van der Waals surface area contributed by atoms with Gasteiger partial charge in [-0.2, -0.15) is 0 Å². The Labute approximate surface area is 122 Å². The van der Waals surface area contributed by atoms with Crippen molar-refractivity contribution in [3.8, 4) is 11.5 Å². The van der Waals surface area contributed by atoms with Crippen LogP contribution in [0.15, 0.2) is 46.9 Å². The SMILES string of the molecule is COc1ccc(CCOc2ccc(Br)cc2C)cc1. The average molecular weight is 321 g/mol. The molecule has 2 rings (SSSR count). The molecule has 0 aliphatic carbocycles. The van der Waals surface area contributed by atoms with Crippen LogP contribution in [0.5, 0.6) is 11.5 Å². The van der Waals surface area contributed by atoms with E-state index in [1.807, 2.05) is 31.2 Å². The van der Waals surface area contributed by atoms with Gasteiger partial charge >= 0.3 is 0 Å². The summed E-state index contributed by atoms with van der Waals surface area (Å²) < 4.78 is 12.0. The molecule has 100 valence electrons. The molecule has 0 bridgehead atoms. The Kier molecular flexibility index (Phi) is 4.86. The molecule has 0 radical (unpaired) electrons. The molecule has 3 heteroatoms. The Morgan fingerprint density at radius 3 is 2.42 bits per heavy atom. The number of benzene rings is 2. The number of aryl methyl sites for hydroxylation is 1. The van der Waals surface area contributed by atoms with Gasteiger partial charge in [-0.05, 0) is 48.4 Å². The van der Waals surface area contributed by atoms with E-state index in [1.165, 1.54) is 5.56 Å². The zero-order valence-electron chi connectivity index (χ0n) is 11.2. The van der Waals surface area contributed by atoms with E-state index < -0.39 is 0 Å². The normalized spacial score (nSPS) is 10.3. The van der Waals surface area contributed by atoms with Crippen LogP contribution in [0, 0.1) is 6.92 Å². The van der Waals surface area contributed by atoms with Crippen LogP contribution in [0.4, 0.5) is 0 Å². The molecule has 19 heavy (non-hydrogen) atoms. The van der Waals surface area contributed by atoms with Crippen LogP contribution < -0.4 is 9.47 Å². The van der Waals surface area contributed by atoms with Crippen molar-refractivity contribution in [2.24, 2.45) is 0 Å². The van der Waals surface area contributed by atoms with Crippen LogP contribution in [0.3, 0.4) is 0 Å². The molecule has 0 aromatic heterocycles. The van der Waals surface area contributed by atoms with Crippen molar-refractivity contribution in [1.82, 2.24) is 0 Å². The highest BCUT2D eigenvalue weighted by Gasteiger charge is 2.01. The number of methoxy groups -OCH3 is 1. The number of hydrogen-bond acceptors (Lipinski definition) is 2. The van der Waals surface area contributed by atoms with Crippen molar-refractivity contribution in [3.05, 3.63) is 58.1 Å². The van der Waals surface area contributed by atoms with Gasteiger partial charge in [0, 0.05) is 10.9 Å². The monoisotopic (exact) mass is 320 g/mol. The molecule has 0 N–H and O–H groups in total. The predicted octanol–water partition coefficient (Wildman–Crippen LogP) is 4.39. The van der Waals surface area contributed by atoms with E-state index in [2.05, 4.69) is 34.1 Å². The van der Waals surface area contributed by atoms with Crippen LogP contribution in [-0.4, -0.2) is 13.7 Å². The molecular formula is C16H17BrO2. The van der Waals surface area contributed by atoms with Gasteiger partial charge in [0.05, 0.1) is 13.7 Å². The van der Waals surface area contributed by atoms with Gasteiger partial charge in [-0.1, -0.05) is 28.1 Å². The summed E-state index contributed by atoms with van der Waals surface area (Å²) in [6, 6.07) is 14.1. The van der Waals surface area contributed by atoms with E-state index in [-0.39, 0.29) is 0 Å².